The Morgan fingerprint density at radius 1 is 1.29 bits per heavy atom. The Kier molecular flexibility index (Phi) is 3.75. The van der Waals surface area contributed by atoms with E-state index in [-0.39, 0.29) is 5.91 Å². The number of nitrogens with two attached hydrogens (primary N) is 1. The number of H-pyrrole nitrogens is 1. The first-order valence-corrected chi connectivity index (χ1v) is 8.37. The van der Waals surface area contributed by atoms with E-state index in [0.717, 1.165) is 22.0 Å². The van der Waals surface area contributed by atoms with Gasteiger partial charge in [0.2, 0.25) is 0 Å². The zero-order valence-corrected chi connectivity index (χ0v) is 14.2. The molecule has 1 aliphatic rings. The molecule has 0 spiro atoms. The average molecular weight is 364 g/mol. The van der Waals surface area contributed by atoms with Gasteiger partial charge in [0.25, 0.3) is 5.91 Å². The Morgan fingerprint density at radius 3 is 2.83 bits per heavy atom. The van der Waals surface area contributed by atoms with Gasteiger partial charge >= 0.3 is 0 Å². The molecule has 0 aliphatic carbocycles. The highest BCUT2D eigenvalue weighted by Gasteiger charge is 2.32. The first-order chi connectivity index (χ1) is 11.6. The van der Waals surface area contributed by atoms with Crippen LogP contribution < -0.4 is 5.73 Å². The number of nitrogens with one attached hydrogen (secondary N) is 1. The van der Waals surface area contributed by atoms with Gasteiger partial charge in [-0.1, -0.05) is 29.3 Å². The molecule has 3 heterocycles. The van der Waals surface area contributed by atoms with Gasteiger partial charge in [0.15, 0.2) is 0 Å². The van der Waals surface area contributed by atoms with Crippen LogP contribution in [0.4, 0.5) is 0 Å². The molecule has 8 heteroatoms. The molecule has 6 nitrogen and oxygen atoms in total. The van der Waals surface area contributed by atoms with Crippen LogP contribution in [0.2, 0.25) is 10.0 Å². The first kappa shape index (κ1) is 15.5. The van der Waals surface area contributed by atoms with Crippen LogP contribution in [-0.2, 0) is 6.54 Å². The van der Waals surface area contributed by atoms with Crippen LogP contribution in [0.25, 0.3) is 22.0 Å². The molecule has 0 fully saturated rings. The van der Waals surface area contributed by atoms with Crippen LogP contribution in [0, 0.1) is 0 Å². The van der Waals surface area contributed by atoms with E-state index in [1.54, 1.807) is 23.4 Å². The number of amides is 1. The monoisotopic (exact) mass is 363 g/mol. The fourth-order valence-corrected chi connectivity index (χ4v) is 3.77. The summed E-state index contributed by atoms with van der Waals surface area (Å²) in [6.07, 6.45) is 3.47. The summed E-state index contributed by atoms with van der Waals surface area (Å²) >= 11 is 12.7. The van der Waals surface area contributed by atoms with E-state index in [0.29, 0.717) is 41.9 Å². The van der Waals surface area contributed by atoms with Crippen molar-refractivity contribution in [2.75, 3.05) is 19.6 Å². The Morgan fingerprint density at radius 2 is 2.12 bits per heavy atom. The zero-order chi connectivity index (χ0) is 16.8. The second kappa shape index (κ2) is 5.81. The van der Waals surface area contributed by atoms with Gasteiger partial charge in [-0.05, 0) is 6.07 Å². The fraction of sp³-hybridized carbons (Fsp3) is 0.250. The Hall–Kier alpha value is -2.02. The number of hydrogen-bond acceptors (Lipinski definition) is 3. The molecule has 0 saturated carbocycles. The van der Waals surface area contributed by atoms with Crippen molar-refractivity contribution in [2.45, 2.75) is 6.54 Å². The molecule has 3 N–H and O–H groups in total. The minimum absolute atomic E-state index is 0.0497. The third-order valence-corrected chi connectivity index (χ3v) is 5.18. The van der Waals surface area contributed by atoms with Crippen LogP contribution in [-0.4, -0.2) is 45.2 Å². The molecule has 4 rings (SSSR count). The van der Waals surface area contributed by atoms with Crippen molar-refractivity contribution in [3.05, 3.63) is 40.3 Å². The molecule has 24 heavy (non-hydrogen) atoms. The van der Waals surface area contributed by atoms with Gasteiger partial charge < -0.3 is 15.2 Å². The van der Waals surface area contributed by atoms with Crippen LogP contribution in [0.5, 0.6) is 0 Å². The fourth-order valence-electron chi connectivity index (χ4n) is 3.35. The van der Waals surface area contributed by atoms with Crippen molar-refractivity contribution in [3.8, 4) is 11.1 Å². The lowest BCUT2D eigenvalue weighted by molar-refractivity contribution is 0.0713. The topological polar surface area (TPSA) is 79.9 Å². The number of halogens is 2. The Bertz CT molecular complexity index is 932. The third kappa shape index (κ3) is 2.14. The number of carbonyl (C=O) groups is 1. The number of fused-ring (bicyclic) bond motifs is 3. The molecule has 0 unspecified atom stereocenters. The minimum Gasteiger partial charge on any atom is -0.334 e. The van der Waals surface area contributed by atoms with E-state index < -0.39 is 0 Å². The Labute approximate surface area is 148 Å². The van der Waals surface area contributed by atoms with Crippen molar-refractivity contribution in [1.82, 2.24) is 19.7 Å². The molecule has 2 aromatic heterocycles. The smallest absolute Gasteiger partial charge is 0.271 e. The van der Waals surface area contributed by atoms with Crippen LogP contribution in [0.15, 0.2) is 24.5 Å². The maximum absolute atomic E-state index is 13.0. The lowest BCUT2D eigenvalue weighted by Crippen LogP contribution is -2.42. The number of carbonyl (C=O) groups excluding carboxylic acids is 1. The van der Waals surface area contributed by atoms with E-state index in [4.69, 9.17) is 28.9 Å². The molecule has 124 valence electrons. The van der Waals surface area contributed by atoms with Crippen LogP contribution >= 0.6 is 23.2 Å². The molecule has 1 aromatic carbocycles. The van der Waals surface area contributed by atoms with E-state index in [2.05, 4.69) is 10.2 Å². The van der Waals surface area contributed by atoms with Gasteiger partial charge in [-0.3, -0.25) is 9.89 Å². The van der Waals surface area contributed by atoms with Gasteiger partial charge in [0.05, 0.1) is 21.8 Å². The lowest BCUT2D eigenvalue weighted by atomic mass is 10.0. The molecular weight excluding hydrogens is 349 g/mol. The number of nitrogens with zero attached hydrogens (tertiary/aromatic N) is 3. The summed E-state index contributed by atoms with van der Waals surface area (Å²) in [6, 6.07) is 3.65. The van der Waals surface area contributed by atoms with Crippen molar-refractivity contribution >= 4 is 40.0 Å². The molecule has 1 amide bonds. The van der Waals surface area contributed by atoms with Crippen LogP contribution in [0.1, 0.15) is 10.5 Å². The van der Waals surface area contributed by atoms with Gasteiger partial charge in [-0.25, -0.2) is 0 Å². The first-order valence-electron chi connectivity index (χ1n) is 7.62. The predicted octanol–water partition coefficient (Wildman–Crippen LogP) is 2.75. The van der Waals surface area contributed by atoms with Gasteiger partial charge in [0.1, 0.15) is 5.69 Å². The molecular formula is C16H15Cl2N5O. The maximum Gasteiger partial charge on any atom is 0.271 e. The maximum atomic E-state index is 13.0. The Balaban J connectivity index is 2.06. The molecule has 0 radical (unpaired) electrons. The SMILES string of the molecule is NCCN1CCn2c(c(-c3cn[nH]c3)c3ccc(Cl)c(Cl)c32)C1=O. The highest BCUT2D eigenvalue weighted by atomic mass is 35.5. The van der Waals surface area contributed by atoms with Crippen molar-refractivity contribution in [1.29, 1.82) is 0 Å². The van der Waals surface area contributed by atoms with E-state index >= 15 is 0 Å². The average Bonchev–Trinajstić information content (AvgIpc) is 3.19. The van der Waals surface area contributed by atoms with Crippen molar-refractivity contribution in [3.63, 3.8) is 0 Å². The standard InChI is InChI=1S/C16H15Cl2N5O/c17-11-2-1-10-12(9-7-20-21-8-9)15-16(24)22(4-3-19)5-6-23(15)14(10)13(11)18/h1-2,7-8H,3-6,19H2,(H,20,21). The lowest BCUT2D eigenvalue weighted by Gasteiger charge is -2.29. The number of benzene rings is 1. The van der Waals surface area contributed by atoms with Gasteiger partial charge in [-0.2, -0.15) is 5.10 Å². The summed E-state index contributed by atoms with van der Waals surface area (Å²) in [4.78, 5) is 14.8. The summed E-state index contributed by atoms with van der Waals surface area (Å²) in [6.45, 7) is 2.20. The third-order valence-electron chi connectivity index (χ3n) is 4.38. The molecule has 1 aliphatic heterocycles. The number of hydrogen-bond donors (Lipinski definition) is 2. The highest BCUT2D eigenvalue weighted by molar-refractivity contribution is 6.45. The highest BCUT2D eigenvalue weighted by Crippen LogP contribution is 2.41. The summed E-state index contributed by atoms with van der Waals surface area (Å²) < 4.78 is 1.96. The van der Waals surface area contributed by atoms with Gasteiger partial charge in [-0.15, -0.1) is 0 Å². The quantitative estimate of drug-likeness (QED) is 0.750. The van der Waals surface area contributed by atoms with E-state index in [1.807, 2.05) is 10.6 Å². The normalized spacial score (nSPS) is 14.5. The minimum atomic E-state index is -0.0497. The largest absolute Gasteiger partial charge is 0.334 e. The van der Waals surface area contributed by atoms with Gasteiger partial charge in [0, 0.05) is 48.9 Å². The van der Waals surface area contributed by atoms with Crippen molar-refractivity contribution < 1.29 is 4.79 Å². The molecule has 0 saturated heterocycles. The summed E-state index contributed by atoms with van der Waals surface area (Å²) in [5.74, 6) is -0.0497. The van der Waals surface area contributed by atoms with Crippen LogP contribution in [0.3, 0.4) is 0 Å². The molecule has 0 bridgehead atoms. The number of aromatic nitrogens is 3. The second-order valence-corrected chi connectivity index (χ2v) is 6.49. The summed E-state index contributed by atoms with van der Waals surface area (Å²) in [5.41, 5.74) is 8.70. The summed E-state index contributed by atoms with van der Waals surface area (Å²) in [5, 5.41) is 8.65. The van der Waals surface area contributed by atoms with E-state index in [9.17, 15) is 4.79 Å². The molecule has 0 atom stereocenters. The number of aromatic amines is 1. The second-order valence-electron chi connectivity index (χ2n) is 5.70. The summed E-state index contributed by atoms with van der Waals surface area (Å²) in [7, 11) is 0. The predicted molar refractivity (Wildman–Crippen MR) is 94.5 cm³/mol. The molecule has 3 aromatic rings. The van der Waals surface area contributed by atoms with E-state index in [1.165, 1.54) is 0 Å². The van der Waals surface area contributed by atoms with Crippen molar-refractivity contribution in [2.24, 2.45) is 5.73 Å². The number of rotatable bonds is 3. The zero-order valence-electron chi connectivity index (χ0n) is 12.7.